The van der Waals surface area contributed by atoms with E-state index in [1.54, 1.807) is 0 Å². The zero-order chi connectivity index (χ0) is 34.7. The summed E-state index contributed by atoms with van der Waals surface area (Å²) in [5.74, 6) is -3.01. The van der Waals surface area contributed by atoms with Crippen molar-refractivity contribution in [3.8, 4) is 0 Å². The van der Waals surface area contributed by atoms with Crippen LogP contribution < -0.4 is 5.11 Å². The number of carboxylic acids is 1. The Morgan fingerprint density at radius 2 is 0.660 bits per heavy atom. The second-order valence-corrected chi connectivity index (χ2v) is 15.0. The zero-order valence-corrected chi connectivity index (χ0v) is 32.8. The molecule has 5 fully saturated rings. The Labute approximate surface area is 316 Å². The first-order valence-electron chi connectivity index (χ1n) is 19.8. The van der Waals surface area contributed by atoms with Crippen molar-refractivity contribution in [1.82, 2.24) is 19.6 Å². The van der Waals surface area contributed by atoms with E-state index in [2.05, 4.69) is 70.1 Å². The summed E-state index contributed by atoms with van der Waals surface area (Å²) in [4.78, 5) is 19.2. The molecular weight excluding hydrogens is 818 g/mol. The average molecular weight is 882 g/mol. The molecule has 5 saturated carbocycles. The van der Waals surface area contributed by atoms with Gasteiger partial charge >= 0.3 is 6.18 Å². The van der Waals surface area contributed by atoms with Crippen LogP contribution >= 0.6 is 0 Å². The van der Waals surface area contributed by atoms with Gasteiger partial charge in [-0.3, -0.25) is 0 Å². The summed E-state index contributed by atoms with van der Waals surface area (Å²) < 4.78 is 31.5. The molecule has 287 valence electrons. The topological polar surface area (TPSA) is 53.1 Å². The first-order chi connectivity index (χ1) is 23.8. The number of aliphatic carboxylic acids is 1. The third-order valence-corrected chi connectivity index (χ3v) is 11.3. The van der Waals surface area contributed by atoms with Crippen LogP contribution in [0.5, 0.6) is 0 Å². The molecule has 50 heavy (non-hydrogen) atoms. The maximum atomic E-state index is 10.5. The van der Waals surface area contributed by atoms with E-state index in [4.69, 9.17) is 9.90 Å². The number of carbonyl (C=O) groups excluding carboxylic acids is 1. The van der Waals surface area contributed by atoms with E-state index < -0.39 is 12.1 Å². The molecule has 0 saturated heterocycles. The number of alkyl halides is 3. The van der Waals surface area contributed by atoms with Gasteiger partial charge in [-0.25, -0.2) is 0 Å². The number of hydrogen-bond donors (Lipinski definition) is 0. The standard InChI is InChI=1S/2C15H26N2.C8H12.C2HF3O2.Ir/c2*1-3-7-14(8-4-1)16-11-12-17(13-16)15-9-5-2-6-10-15;1-2-4-6-8-7-5-3-1;3-2(4,5)1(6)7;/h2*11-12,14-15H,1-10,13H2;1-2,7-8H,3-6H2;(H,6,7);/p-1. The van der Waals surface area contributed by atoms with E-state index in [-0.39, 0.29) is 20.1 Å². The van der Waals surface area contributed by atoms with Crippen LogP contribution in [0.15, 0.2) is 24.8 Å². The maximum Gasteiger partial charge on any atom is 0.430 e. The molecule has 0 unspecified atom stereocenters. The average Bonchev–Trinajstić information content (AvgIpc) is 3.82. The molecule has 0 spiro atoms. The van der Waals surface area contributed by atoms with Crippen molar-refractivity contribution >= 4 is 5.97 Å². The molecular formula is C40H64F3IrN4O2-. The summed E-state index contributed by atoms with van der Waals surface area (Å²) >= 11 is 0. The van der Waals surface area contributed by atoms with E-state index in [1.165, 1.54) is 167 Å². The number of rotatable bonds is 4. The third kappa shape index (κ3) is 15.7. The fourth-order valence-corrected chi connectivity index (χ4v) is 8.36. The summed E-state index contributed by atoms with van der Waals surface area (Å²) in [6.45, 7) is 2.35. The van der Waals surface area contributed by atoms with Gasteiger partial charge < -0.3 is 29.5 Å². The molecule has 7 rings (SSSR count). The van der Waals surface area contributed by atoms with Crippen molar-refractivity contribution in [2.75, 3.05) is 13.3 Å². The zero-order valence-electron chi connectivity index (χ0n) is 30.4. The molecule has 7 aliphatic rings. The van der Waals surface area contributed by atoms with Gasteiger partial charge in [0.15, 0.2) is 0 Å². The maximum absolute atomic E-state index is 10.5. The number of hydrogen-bond acceptors (Lipinski definition) is 6. The van der Waals surface area contributed by atoms with Gasteiger partial charge in [0, 0.05) is 69.1 Å². The molecule has 10 heteroatoms. The van der Waals surface area contributed by atoms with E-state index in [0.29, 0.717) is 0 Å². The van der Waals surface area contributed by atoms with Crippen LogP contribution in [0.3, 0.4) is 0 Å². The van der Waals surface area contributed by atoms with Gasteiger partial charge in [0.05, 0.1) is 13.3 Å². The van der Waals surface area contributed by atoms with Crippen molar-refractivity contribution in [2.24, 2.45) is 0 Å². The summed E-state index contributed by atoms with van der Waals surface area (Å²) in [6.07, 6.45) is 47.0. The Hall–Kier alpha value is -1.41. The normalized spacial score (nSPS) is 24.5. The first-order valence-corrected chi connectivity index (χ1v) is 19.8. The number of carboxylic acid groups (broad SMARTS) is 1. The van der Waals surface area contributed by atoms with Crippen LogP contribution in [-0.2, 0) is 24.9 Å². The molecule has 0 amide bonds. The van der Waals surface area contributed by atoms with Crippen molar-refractivity contribution in [1.29, 1.82) is 0 Å². The van der Waals surface area contributed by atoms with E-state index in [0.717, 1.165) is 24.2 Å². The smallest absolute Gasteiger partial charge is 0.430 e. The minimum atomic E-state index is -5.19. The van der Waals surface area contributed by atoms with Crippen molar-refractivity contribution in [2.45, 2.75) is 184 Å². The monoisotopic (exact) mass is 882 g/mol. The molecule has 0 aromatic heterocycles. The third-order valence-electron chi connectivity index (χ3n) is 11.3. The Bertz CT molecular complexity index is 827. The summed E-state index contributed by atoms with van der Waals surface area (Å²) in [5, 5.41) is 8.78. The Kier molecular flexibility index (Phi) is 20.6. The van der Waals surface area contributed by atoms with Crippen LogP contribution in [0.25, 0.3) is 0 Å². The SMILES string of the molecule is C1=CN(C2CCCCC2)CN1C1CCCCC1.C1=CN(C2CCCCC2)CN1C1CCCCC1.O=C([O-])C(F)(F)F.[CH]1[CH]CC[CH][CH]CC1.[Ir]. The largest absolute Gasteiger partial charge is 0.542 e. The van der Waals surface area contributed by atoms with Gasteiger partial charge in [-0.05, 0) is 103 Å². The Balaban J connectivity index is 0.000000193. The molecule has 0 bridgehead atoms. The number of halogens is 3. The summed E-state index contributed by atoms with van der Waals surface area (Å²) in [5.41, 5.74) is 0. The fourth-order valence-electron chi connectivity index (χ4n) is 8.36. The van der Waals surface area contributed by atoms with Crippen LogP contribution in [-0.4, -0.2) is 69.2 Å². The minimum Gasteiger partial charge on any atom is -0.542 e. The van der Waals surface area contributed by atoms with Gasteiger partial charge in [0.1, 0.15) is 5.97 Å². The van der Waals surface area contributed by atoms with Crippen molar-refractivity contribution in [3.05, 3.63) is 50.5 Å². The quantitative estimate of drug-likeness (QED) is 0.281. The van der Waals surface area contributed by atoms with Crippen LogP contribution in [0.4, 0.5) is 13.2 Å². The Morgan fingerprint density at radius 1 is 0.460 bits per heavy atom. The number of nitrogens with zero attached hydrogens (tertiary/aromatic N) is 4. The minimum absolute atomic E-state index is 0. The van der Waals surface area contributed by atoms with Crippen LogP contribution in [0.2, 0.25) is 0 Å². The van der Waals surface area contributed by atoms with E-state index >= 15 is 0 Å². The van der Waals surface area contributed by atoms with E-state index in [1.807, 2.05) is 0 Å². The van der Waals surface area contributed by atoms with Gasteiger partial charge in [0.25, 0.3) is 0 Å². The summed E-state index contributed by atoms with van der Waals surface area (Å²) in [6, 6.07) is 3.37. The summed E-state index contributed by atoms with van der Waals surface area (Å²) in [7, 11) is 0. The molecule has 2 heterocycles. The number of carbonyl (C=O) groups is 1. The van der Waals surface area contributed by atoms with Gasteiger partial charge in [0.2, 0.25) is 0 Å². The first kappa shape index (κ1) is 43.0. The molecule has 5 radical (unpaired) electrons. The molecule has 2 aliphatic heterocycles. The Morgan fingerprint density at radius 3 is 0.840 bits per heavy atom. The molecule has 6 nitrogen and oxygen atoms in total. The van der Waals surface area contributed by atoms with Gasteiger partial charge in [-0.2, -0.15) is 13.2 Å². The molecule has 0 atom stereocenters. The fraction of sp³-hybridized carbons (Fsp3) is 0.775. The predicted octanol–water partition coefficient (Wildman–Crippen LogP) is 9.07. The second kappa shape index (κ2) is 24.0. The predicted molar refractivity (Wildman–Crippen MR) is 190 cm³/mol. The van der Waals surface area contributed by atoms with Crippen LogP contribution in [0, 0.1) is 25.7 Å². The van der Waals surface area contributed by atoms with Gasteiger partial charge in [-0.15, -0.1) is 0 Å². The van der Waals surface area contributed by atoms with E-state index in [9.17, 15) is 13.2 Å². The molecule has 0 aromatic rings. The van der Waals surface area contributed by atoms with Crippen molar-refractivity contribution < 1.29 is 43.2 Å². The molecule has 0 N–H and O–H groups in total. The second-order valence-electron chi connectivity index (χ2n) is 15.0. The van der Waals surface area contributed by atoms with Crippen LogP contribution in [0.1, 0.15) is 154 Å². The molecule has 0 aromatic carbocycles. The molecule has 5 aliphatic carbocycles. The van der Waals surface area contributed by atoms with Crippen molar-refractivity contribution in [3.63, 3.8) is 0 Å². The van der Waals surface area contributed by atoms with Gasteiger partial charge in [-0.1, -0.05) is 77.0 Å².